The van der Waals surface area contributed by atoms with Crippen molar-refractivity contribution < 1.29 is 5.11 Å². The lowest BCUT2D eigenvalue weighted by Crippen LogP contribution is -2.15. The Morgan fingerprint density at radius 2 is 2.25 bits per heavy atom. The largest absolute Gasteiger partial charge is 0.393 e. The van der Waals surface area contributed by atoms with Crippen LogP contribution in [-0.4, -0.2) is 11.2 Å². The Labute approximate surface area is 49.7 Å². The normalized spacial score (nSPS) is 52.9. The van der Waals surface area contributed by atoms with Gasteiger partial charge >= 0.3 is 0 Å². The molecule has 0 aromatic carbocycles. The third kappa shape index (κ3) is 0.510. The zero-order chi connectivity index (χ0) is 5.56. The van der Waals surface area contributed by atoms with Crippen LogP contribution >= 0.6 is 0 Å². The molecule has 8 heavy (non-hydrogen) atoms. The fourth-order valence-electron chi connectivity index (χ4n) is 1.97. The van der Waals surface area contributed by atoms with Gasteiger partial charge < -0.3 is 5.11 Å². The summed E-state index contributed by atoms with van der Waals surface area (Å²) >= 11 is 0. The maximum Gasteiger partial charge on any atom is 0.0603 e. The zero-order valence-corrected chi connectivity index (χ0v) is 4.88. The van der Waals surface area contributed by atoms with Crippen molar-refractivity contribution in [2.75, 3.05) is 0 Å². The summed E-state index contributed by atoms with van der Waals surface area (Å²) < 4.78 is 0. The van der Waals surface area contributed by atoms with Crippen LogP contribution in [0.2, 0.25) is 0 Å². The average molecular weight is 111 g/mol. The second-order valence-electron chi connectivity index (χ2n) is 3.02. The Morgan fingerprint density at radius 1 is 1.38 bits per heavy atom. The van der Waals surface area contributed by atoms with Crippen LogP contribution < -0.4 is 0 Å². The van der Waals surface area contributed by atoms with Crippen molar-refractivity contribution in [3.05, 3.63) is 6.42 Å². The number of aliphatic hydroxyl groups is 1. The fourth-order valence-corrected chi connectivity index (χ4v) is 1.97. The molecule has 0 saturated heterocycles. The molecule has 0 amide bonds. The van der Waals surface area contributed by atoms with Gasteiger partial charge in [0.05, 0.1) is 6.10 Å². The summed E-state index contributed by atoms with van der Waals surface area (Å²) in [7, 11) is 0. The van der Waals surface area contributed by atoms with E-state index in [1.165, 1.54) is 19.3 Å². The summed E-state index contributed by atoms with van der Waals surface area (Å²) in [5.74, 6) is 1.41. The van der Waals surface area contributed by atoms with Crippen molar-refractivity contribution in [1.82, 2.24) is 0 Å². The lowest BCUT2D eigenvalue weighted by molar-refractivity contribution is 0.150. The maximum absolute atomic E-state index is 9.16. The van der Waals surface area contributed by atoms with Gasteiger partial charge in [-0.15, -0.1) is 0 Å². The molecule has 1 heteroatoms. The van der Waals surface area contributed by atoms with Crippen LogP contribution in [0.25, 0.3) is 0 Å². The summed E-state index contributed by atoms with van der Waals surface area (Å²) in [5, 5.41) is 9.16. The summed E-state index contributed by atoms with van der Waals surface area (Å²) in [6.45, 7) is 0. The molecule has 0 aromatic rings. The first kappa shape index (κ1) is 4.80. The van der Waals surface area contributed by atoms with E-state index in [1.807, 2.05) is 0 Å². The smallest absolute Gasteiger partial charge is 0.0603 e. The first-order valence-corrected chi connectivity index (χ1v) is 3.39. The van der Waals surface area contributed by atoms with E-state index in [0.717, 1.165) is 5.92 Å². The molecule has 3 atom stereocenters. The quantitative estimate of drug-likeness (QED) is 0.494. The molecule has 0 aromatic heterocycles. The predicted molar refractivity (Wildman–Crippen MR) is 31.1 cm³/mol. The third-order valence-electron chi connectivity index (χ3n) is 2.47. The van der Waals surface area contributed by atoms with Gasteiger partial charge in [-0.3, -0.25) is 0 Å². The van der Waals surface area contributed by atoms with Gasteiger partial charge in [0, 0.05) is 0 Å². The monoisotopic (exact) mass is 111 g/mol. The lowest BCUT2D eigenvalue weighted by Gasteiger charge is -2.13. The molecular weight excluding hydrogens is 100 g/mol. The van der Waals surface area contributed by atoms with E-state index in [2.05, 4.69) is 6.42 Å². The molecule has 2 bridgehead atoms. The van der Waals surface area contributed by atoms with E-state index >= 15 is 0 Å². The molecule has 0 heterocycles. The third-order valence-corrected chi connectivity index (χ3v) is 2.47. The number of fused-ring (bicyclic) bond motifs is 2. The van der Waals surface area contributed by atoms with Crippen LogP contribution in [0.1, 0.15) is 19.3 Å². The number of hydrogen-bond acceptors (Lipinski definition) is 1. The van der Waals surface area contributed by atoms with Gasteiger partial charge in [-0.25, -0.2) is 0 Å². The maximum atomic E-state index is 9.16. The minimum atomic E-state index is -0.0475. The van der Waals surface area contributed by atoms with Crippen LogP contribution in [0.15, 0.2) is 0 Å². The van der Waals surface area contributed by atoms with E-state index in [-0.39, 0.29) is 6.10 Å². The molecule has 2 fully saturated rings. The summed E-state index contributed by atoms with van der Waals surface area (Å²) in [5.41, 5.74) is 0. The van der Waals surface area contributed by atoms with E-state index in [4.69, 9.17) is 5.11 Å². The summed E-state index contributed by atoms with van der Waals surface area (Å²) in [6, 6.07) is 0. The molecule has 2 aliphatic rings. The first-order chi connectivity index (χ1) is 3.86. The van der Waals surface area contributed by atoms with Gasteiger partial charge in [-0.2, -0.15) is 0 Å². The van der Waals surface area contributed by atoms with Gasteiger partial charge in [0.25, 0.3) is 0 Å². The van der Waals surface area contributed by atoms with Gasteiger partial charge in [0.2, 0.25) is 0 Å². The van der Waals surface area contributed by atoms with Gasteiger partial charge in [-0.05, 0) is 37.5 Å². The van der Waals surface area contributed by atoms with Crippen LogP contribution in [0, 0.1) is 18.3 Å². The summed E-state index contributed by atoms with van der Waals surface area (Å²) in [4.78, 5) is 0. The Hall–Kier alpha value is -0.0400. The van der Waals surface area contributed by atoms with Crippen LogP contribution in [0.5, 0.6) is 0 Å². The Bertz CT molecular complexity index is 98.6. The Morgan fingerprint density at radius 3 is 2.50 bits per heavy atom. The molecule has 45 valence electrons. The Kier molecular flexibility index (Phi) is 0.884. The number of aliphatic hydroxyl groups excluding tert-OH is 1. The predicted octanol–water partition coefficient (Wildman–Crippen LogP) is 0.981. The second-order valence-corrected chi connectivity index (χ2v) is 3.02. The molecule has 1 radical (unpaired) electrons. The lowest BCUT2D eigenvalue weighted by atomic mass is 9.98. The van der Waals surface area contributed by atoms with E-state index < -0.39 is 0 Å². The SMILES string of the molecule is OC1[CH]C2CCC1C2. The average Bonchev–Trinajstić information content (AvgIpc) is 2.23. The molecule has 2 rings (SSSR count). The van der Waals surface area contributed by atoms with Crippen molar-refractivity contribution in [2.45, 2.75) is 25.4 Å². The van der Waals surface area contributed by atoms with Gasteiger partial charge in [-0.1, -0.05) is 0 Å². The molecular formula is C7H11O. The first-order valence-electron chi connectivity index (χ1n) is 3.39. The van der Waals surface area contributed by atoms with Crippen molar-refractivity contribution in [3.8, 4) is 0 Å². The molecule has 2 aliphatic carbocycles. The second kappa shape index (κ2) is 1.47. The minimum absolute atomic E-state index is 0.0475. The van der Waals surface area contributed by atoms with Crippen LogP contribution in [-0.2, 0) is 0 Å². The molecule has 1 nitrogen and oxygen atoms in total. The van der Waals surface area contributed by atoms with E-state index in [9.17, 15) is 0 Å². The van der Waals surface area contributed by atoms with Crippen LogP contribution in [0.4, 0.5) is 0 Å². The van der Waals surface area contributed by atoms with Crippen LogP contribution in [0.3, 0.4) is 0 Å². The topological polar surface area (TPSA) is 20.2 Å². The molecule has 3 unspecified atom stereocenters. The van der Waals surface area contributed by atoms with Crippen molar-refractivity contribution in [1.29, 1.82) is 0 Å². The molecule has 0 aliphatic heterocycles. The number of rotatable bonds is 0. The minimum Gasteiger partial charge on any atom is -0.393 e. The van der Waals surface area contributed by atoms with E-state index in [1.54, 1.807) is 0 Å². The van der Waals surface area contributed by atoms with E-state index in [0.29, 0.717) is 5.92 Å². The Balaban J connectivity index is 2.11. The molecule has 2 saturated carbocycles. The van der Waals surface area contributed by atoms with Crippen molar-refractivity contribution in [3.63, 3.8) is 0 Å². The summed E-state index contributed by atoms with van der Waals surface area (Å²) in [6.07, 6.45) is 5.92. The molecule has 1 N–H and O–H groups in total. The van der Waals surface area contributed by atoms with Crippen molar-refractivity contribution >= 4 is 0 Å². The highest BCUT2D eigenvalue weighted by Gasteiger charge is 2.38. The zero-order valence-electron chi connectivity index (χ0n) is 4.88. The highest BCUT2D eigenvalue weighted by Crippen LogP contribution is 2.43. The van der Waals surface area contributed by atoms with Gasteiger partial charge in [0.1, 0.15) is 0 Å². The highest BCUT2D eigenvalue weighted by atomic mass is 16.3. The van der Waals surface area contributed by atoms with Gasteiger partial charge in [0.15, 0.2) is 0 Å². The number of hydrogen-bond donors (Lipinski definition) is 1. The standard InChI is InChI=1S/C7H11O/c8-7-4-5-1-2-6(7)3-5/h4-8H,1-3H2. The fraction of sp³-hybridized carbons (Fsp3) is 0.857. The van der Waals surface area contributed by atoms with Crippen molar-refractivity contribution in [2.24, 2.45) is 11.8 Å². The highest BCUT2D eigenvalue weighted by molar-refractivity contribution is 5.01. The molecule has 0 spiro atoms.